The van der Waals surface area contributed by atoms with E-state index in [1.54, 1.807) is 4.68 Å². The van der Waals surface area contributed by atoms with Gasteiger partial charge in [0, 0.05) is 12.5 Å². The van der Waals surface area contributed by atoms with Crippen LogP contribution in [0.2, 0.25) is 5.02 Å². The number of hydrogen-bond acceptors (Lipinski definition) is 4. The zero-order valence-electron chi connectivity index (χ0n) is 13.0. The second-order valence-electron chi connectivity index (χ2n) is 5.32. The largest absolute Gasteiger partial charge is 0.311 e. The molecule has 0 atom stereocenters. The van der Waals surface area contributed by atoms with Crippen LogP contribution in [-0.4, -0.2) is 20.7 Å². The van der Waals surface area contributed by atoms with Crippen molar-refractivity contribution in [3.8, 4) is 5.13 Å². The Morgan fingerprint density at radius 1 is 1.43 bits per heavy atom. The minimum Gasteiger partial charge on any atom is -0.311 e. The van der Waals surface area contributed by atoms with E-state index in [-0.39, 0.29) is 5.91 Å². The number of amides is 1. The van der Waals surface area contributed by atoms with E-state index in [9.17, 15) is 4.79 Å². The van der Waals surface area contributed by atoms with Gasteiger partial charge in [0.1, 0.15) is 11.3 Å². The molecule has 7 heteroatoms. The molecule has 0 aliphatic carbocycles. The van der Waals surface area contributed by atoms with Gasteiger partial charge >= 0.3 is 0 Å². The van der Waals surface area contributed by atoms with Crippen LogP contribution in [0.5, 0.6) is 0 Å². The smallest absolute Gasteiger partial charge is 0.225 e. The van der Waals surface area contributed by atoms with E-state index in [0.717, 1.165) is 28.8 Å². The predicted molar refractivity (Wildman–Crippen MR) is 94.6 cm³/mol. The molecule has 0 saturated heterocycles. The van der Waals surface area contributed by atoms with Gasteiger partial charge in [0.25, 0.3) is 0 Å². The van der Waals surface area contributed by atoms with Gasteiger partial charge in [-0.25, -0.2) is 4.98 Å². The van der Waals surface area contributed by atoms with Crippen LogP contribution >= 0.6 is 22.9 Å². The lowest BCUT2D eigenvalue weighted by Gasteiger charge is -2.05. The lowest BCUT2D eigenvalue weighted by Crippen LogP contribution is -2.14. The molecule has 0 radical (unpaired) electrons. The van der Waals surface area contributed by atoms with Crippen LogP contribution in [0.1, 0.15) is 31.9 Å². The van der Waals surface area contributed by atoms with Crippen LogP contribution < -0.4 is 5.32 Å². The minimum absolute atomic E-state index is 0.00727. The monoisotopic (exact) mass is 348 g/mol. The standard InChI is InChI=1S/C16H17ClN4OS/c1-3-4-8-14(22)18-13-9-10(2)20-21(13)16-19-15-11(17)6-5-7-12(15)23-16/h5-7,9H,3-4,8H2,1-2H3,(H,18,22). The molecule has 1 N–H and O–H groups in total. The summed E-state index contributed by atoms with van der Waals surface area (Å²) in [5.74, 6) is 0.630. The fourth-order valence-electron chi connectivity index (χ4n) is 2.27. The molecule has 0 unspecified atom stereocenters. The van der Waals surface area contributed by atoms with Crippen LogP contribution in [0.25, 0.3) is 15.3 Å². The summed E-state index contributed by atoms with van der Waals surface area (Å²) in [6.07, 6.45) is 2.37. The number of unbranched alkanes of at least 4 members (excludes halogenated alkanes) is 1. The quantitative estimate of drug-likeness (QED) is 0.734. The summed E-state index contributed by atoms with van der Waals surface area (Å²) in [6, 6.07) is 7.53. The third-order valence-corrected chi connectivity index (χ3v) is 4.70. The first-order valence-electron chi connectivity index (χ1n) is 7.50. The lowest BCUT2D eigenvalue weighted by atomic mass is 10.2. The first kappa shape index (κ1) is 16.0. The third kappa shape index (κ3) is 3.38. The summed E-state index contributed by atoms with van der Waals surface area (Å²) in [4.78, 5) is 16.6. The van der Waals surface area contributed by atoms with Gasteiger partial charge in [-0.05, 0) is 25.5 Å². The molecule has 5 nitrogen and oxygen atoms in total. The molecule has 0 spiro atoms. The maximum absolute atomic E-state index is 12.0. The van der Waals surface area contributed by atoms with Gasteiger partial charge in [-0.3, -0.25) is 4.79 Å². The number of aryl methyl sites for hydroxylation is 1. The first-order valence-corrected chi connectivity index (χ1v) is 8.70. The molecule has 0 aliphatic rings. The van der Waals surface area contributed by atoms with Crippen LogP contribution in [0.4, 0.5) is 5.82 Å². The van der Waals surface area contributed by atoms with Gasteiger partial charge in [0.2, 0.25) is 11.0 Å². The number of carbonyl (C=O) groups excluding carboxylic acids is 1. The summed E-state index contributed by atoms with van der Waals surface area (Å²) < 4.78 is 2.66. The minimum atomic E-state index is -0.00727. The summed E-state index contributed by atoms with van der Waals surface area (Å²) in [6.45, 7) is 3.95. The maximum atomic E-state index is 12.0. The highest BCUT2D eigenvalue weighted by atomic mass is 35.5. The Bertz CT molecular complexity index is 855. The number of fused-ring (bicyclic) bond motifs is 1. The Morgan fingerprint density at radius 2 is 2.26 bits per heavy atom. The van der Waals surface area contributed by atoms with Crippen molar-refractivity contribution < 1.29 is 4.79 Å². The number of nitrogens with one attached hydrogen (secondary N) is 1. The van der Waals surface area contributed by atoms with Crippen molar-refractivity contribution in [2.45, 2.75) is 33.1 Å². The van der Waals surface area contributed by atoms with Gasteiger partial charge in [-0.15, -0.1) is 0 Å². The molecule has 2 aromatic heterocycles. The highest BCUT2D eigenvalue weighted by molar-refractivity contribution is 7.20. The van der Waals surface area contributed by atoms with Crippen LogP contribution in [0.15, 0.2) is 24.3 Å². The number of aromatic nitrogens is 3. The molecule has 0 fully saturated rings. The van der Waals surface area contributed by atoms with Gasteiger partial charge < -0.3 is 5.32 Å². The average molecular weight is 349 g/mol. The van der Waals surface area contributed by atoms with E-state index >= 15 is 0 Å². The summed E-state index contributed by atoms with van der Waals surface area (Å²) >= 11 is 7.68. The molecule has 3 rings (SSSR count). The molecule has 2 heterocycles. The molecular formula is C16H17ClN4OS. The Balaban J connectivity index is 1.95. The van der Waals surface area contributed by atoms with E-state index in [4.69, 9.17) is 11.6 Å². The summed E-state index contributed by atoms with van der Waals surface area (Å²) in [7, 11) is 0. The van der Waals surface area contributed by atoms with E-state index < -0.39 is 0 Å². The van der Waals surface area contributed by atoms with E-state index in [1.807, 2.05) is 31.2 Å². The SMILES string of the molecule is CCCCC(=O)Nc1cc(C)nn1-c1nc2c(Cl)cccc2s1. The number of nitrogens with zero attached hydrogens (tertiary/aromatic N) is 3. The predicted octanol–water partition coefficient (Wildman–Crippen LogP) is 4.57. The number of hydrogen-bond donors (Lipinski definition) is 1. The molecule has 3 aromatic rings. The van der Waals surface area contributed by atoms with Gasteiger partial charge in [-0.2, -0.15) is 9.78 Å². The number of benzene rings is 1. The highest BCUT2D eigenvalue weighted by Crippen LogP contribution is 2.31. The number of carbonyl (C=O) groups is 1. The molecule has 1 amide bonds. The van der Waals surface area contributed by atoms with Crippen LogP contribution in [-0.2, 0) is 4.79 Å². The summed E-state index contributed by atoms with van der Waals surface area (Å²) in [5.41, 5.74) is 1.58. The average Bonchev–Trinajstić information content (AvgIpc) is 3.09. The fraction of sp³-hybridized carbons (Fsp3) is 0.312. The van der Waals surface area contributed by atoms with Crippen molar-refractivity contribution in [1.82, 2.24) is 14.8 Å². The molecule has 0 bridgehead atoms. The highest BCUT2D eigenvalue weighted by Gasteiger charge is 2.15. The van der Waals surface area contributed by atoms with Gasteiger partial charge in [0.05, 0.1) is 15.4 Å². The first-order chi connectivity index (χ1) is 11.1. The van der Waals surface area contributed by atoms with Crippen molar-refractivity contribution in [2.75, 3.05) is 5.32 Å². The third-order valence-electron chi connectivity index (χ3n) is 3.40. The van der Waals surface area contributed by atoms with Crippen molar-refractivity contribution in [1.29, 1.82) is 0 Å². The topological polar surface area (TPSA) is 59.8 Å². The molecule has 1 aromatic carbocycles. The van der Waals surface area contributed by atoms with Gasteiger partial charge in [0.15, 0.2) is 0 Å². The Labute approximate surface area is 143 Å². The van der Waals surface area contributed by atoms with E-state index in [1.165, 1.54) is 11.3 Å². The van der Waals surface area contributed by atoms with Crippen molar-refractivity contribution in [3.05, 3.63) is 35.0 Å². The Kier molecular flexibility index (Phi) is 4.63. The zero-order valence-corrected chi connectivity index (χ0v) is 14.5. The van der Waals surface area contributed by atoms with E-state index in [2.05, 4.69) is 22.3 Å². The molecule has 0 aliphatic heterocycles. The number of rotatable bonds is 5. The molecule has 0 saturated carbocycles. The number of thiazole rings is 1. The van der Waals surface area contributed by atoms with Crippen molar-refractivity contribution >= 4 is 44.9 Å². The van der Waals surface area contributed by atoms with Crippen LogP contribution in [0.3, 0.4) is 0 Å². The van der Waals surface area contributed by atoms with Crippen molar-refractivity contribution in [3.63, 3.8) is 0 Å². The van der Waals surface area contributed by atoms with E-state index in [0.29, 0.717) is 22.4 Å². The molecular weight excluding hydrogens is 332 g/mol. The summed E-state index contributed by atoms with van der Waals surface area (Å²) in [5, 5.41) is 8.67. The normalized spacial score (nSPS) is 11.1. The number of anilines is 1. The number of halogens is 1. The second-order valence-corrected chi connectivity index (χ2v) is 6.73. The Morgan fingerprint density at radius 3 is 3.00 bits per heavy atom. The van der Waals surface area contributed by atoms with Crippen molar-refractivity contribution in [2.24, 2.45) is 0 Å². The van der Waals surface area contributed by atoms with Gasteiger partial charge in [-0.1, -0.05) is 42.3 Å². The lowest BCUT2D eigenvalue weighted by molar-refractivity contribution is -0.116. The molecule has 120 valence electrons. The van der Waals surface area contributed by atoms with Crippen LogP contribution in [0, 0.1) is 6.92 Å². The maximum Gasteiger partial charge on any atom is 0.225 e. The second kappa shape index (κ2) is 6.68. The number of para-hydroxylation sites is 1. The Hall–Kier alpha value is -1.92. The molecule has 23 heavy (non-hydrogen) atoms. The fourth-order valence-corrected chi connectivity index (χ4v) is 3.50. The zero-order chi connectivity index (χ0) is 16.4.